The first-order chi connectivity index (χ1) is 8.67. The van der Waals surface area contributed by atoms with E-state index in [4.69, 9.17) is 9.47 Å². The average molecular weight is 249 g/mol. The number of rotatable bonds is 6. The SMILES string of the molecule is C=CCN(CC)C(=O)c1ccc(OC)c(OC)c1. The highest BCUT2D eigenvalue weighted by molar-refractivity contribution is 5.95. The molecule has 0 heterocycles. The van der Waals surface area contributed by atoms with Crippen molar-refractivity contribution in [1.82, 2.24) is 4.90 Å². The van der Waals surface area contributed by atoms with Gasteiger partial charge in [-0.15, -0.1) is 6.58 Å². The fourth-order valence-electron chi connectivity index (χ4n) is 1.66. The largest absolute Gasteiger partial charge is 0.493 e. The van der Waals surface area contributed by atoms with Gasteiger partial charge in [-0.1, -0.05) is 6.08 Å². The van der Waals surface area contributed by atoms with Crippen LogP contribution in [0.15, 0.2) is 30.9 Å². The Hall–Kier alpha value is -1.97. The van der Waals surface area contributed by atoms with Gasteiger partial charge in [0, 0.05) is 18.7 Å². The molecule has 0 aromatic heterocycles. The van der Waals surface area contributed by atoms with Gasteiger partial charge in [-0.2, -0.15) is 0 Å². The molecule has 0 atom stereocenters. The summed E-state index contributed by atoms with van der Waals surface area (Å²) < 4.78 is 10.3. The number of amides is 1. The van der Waals surface area contributed by atoms with E-state index in [0.29, 0.717) is 30.2 Å². The maximum Gasteiger partial charge on any atom is 0.254 e. The van der Waals surface area contributed by atoms with Gasteiger partial charge in [0.25, 0.3) is 5.91 Å². The number of carbonyl (C=O) groups is 1. The molecule has 98 valence electrons. The topological polar surface area (TPSA) is 38.8 Å². The first-order valence-corrected chi connectivity index (χ1v) is 5.80. The summed E-state index contributed by atoms with van der Waals surface area (Å²) in [5, 5.41) is 0. The van der Waals surface area contributed by atoms with Crippen molar-refractivity contribution >= 4 is 5.91 Å². The molecule has 1 aromatic rings. The van der Waals surface area contributed by atoms with Gasteiger partial charge in [0.1, 0.15) is 0 Å². The minimum atomic E-state index is -0.0432. The molecule has 0 fully saturated rings. The molecule has 0 spiro atoms. The van der Waals surface area contributed by atoms with Crippen LogP contribution in [0, 0.1) is 0 Å². The zero-order chi connectivity index (χ0) is 13.5. The third kappa shape index (κ3) is 3.03. The lowest BCUT2D eigenvalue weighted by molar-refractivity contribution is 0.0781. The fraction of sp³-hybridized carbons (Fsp3) is 0.357. The van der Waals surface area contributed by atoms with E-state index in [1.54, 1.807) is 43.4 Å². The van der Waals surface area contributed by atoms with Gasteiger partial charge in [-0.05, 0) is 25.1 Å². The highest BCUT2D eigenvalue weighted by Gasteiger charge is 2.15. The summed E-state index contributed by atoms with van der Waals surface area (Å²) in [5.74, 6) is 1.12. The first kappa shape index (κ1) is 14.1. The maximum atomic E-state index is 12.2. The van der Waals surface area contributed by atoms with Crippen LogP contribution in [-0.2, 0) is 0 Å². The van der Waals surface area contributed by atoms with Crippen LogP contribution >= 0.6 is 0 Å². The molecule has 0 aliphatic heterocycles. The molecule has 0 aliphatic rings. The molecule has 4 nitrogen and oxygen atoms in total. The van der Waals surface area contributed by atoms with E-state index in [9.17, 15) is 4.79 Å². The number of carbonyl (C=O) groups excluding carboxylic acids is 1. The lowest BCUT2D eigenvalue weighted by Gasteiger charge is -2.19. The van der Waals surface area contributed by atoms with Gasteiger partial charge in [-0.3, -0.25) is 4.79 Å². The van der Waals surface area contributed by atoms with Crippen molar-refractivity contribution in [2.45, 2.75) is 6.92 Å². The van der Waals surface area contributed by atoms with Crippen LogP contribution in [0.2, 0.25) is 0 Å². The molecule has 0 bridgehead atoms. The highest BCUT2D eigenvalue weighted by atomic mass is 16.5. The minimum Gasteiger partial charge on any atom is -0.493 e. The molecule has 1 amide bonds. The van der Waals surface area contributed by atoms with Crippen molar-refractivity contribution < 1.29 is 14.3 Å². The van der Waals surface area contributed by atoms with Gasteiger partial charge >= 0.3 is 0 Å². The molecule has 0 aliphatic carbocycles. The van der Waals surface area contributed by atoms with E-state index in [-0.39, 0.29) is 5.91 Å². The summed E-state index contributed by atoms with van der Waals surface area (Å²) in [6, 6.07) is 5.15. The second kappa shape index (κ2) is 6.69. The quantitative estimate of drug-likeness (QED) is 0.726. The van der Waals surface area contributed by atoms with Crippen LogP contribution in [0.4, 0.5) is 0 Å². The molecule has 18 heavy (non-hydrogen) atoms. The predicted octanol–water partition coefficient (Wildman–Crippen LogP) is 2.35. The third-order valence-electron chi connectivity index (χ3n) is 2.65. The lowest BCUT2D eigenvalue weighted by Crippen LogP contribution is -2.30. The van der Waals surface area contributed by atoms with Crippen LogP contribution < -0.4 is 9.47 Å². The number of hydrogen-bond acceptors (Lipinski definition) is 3. The summed E-state index contributed by atoms with van der Waals surface area (Å²) in [5.41, 5.74) is 0.580. The normalized spacial score (nSPS) is 9.72. The fourth-order valence-corrected chi connectivity index (χ4v) is 1.66. The van der Waals surface area contributed by atoms with Crippen molar-refractivity contribution in [3.63, 3.8) is 0 Å². The van der Waals surface area contributed by atoms with E-state index in [0.717, 1.165) is 0 Å². The van der Waals surface area contributed by atoms with E-state index in [1.807, 2.05) is 6.92 Å². The van der Waals surface area contributed by atoms with Gasteiger partial charge < -0.3 is 14.4 Å². The number of nitrogens with zero attached hydrogens (tertiary/aromatic N) is 1. The van der Waals surface area contributed by atoms with Crippen molar-refractivity contribution in [3.05, 3.63) is 36.4 Å². The van der Waals surface area contributed by atoms with Crippen molar-refractivity contribution in [3.8, 4) is 11.5 Å². The molecule has 0 saturated heterocycles. The molecule has 1 rings (SSSR count). The van der Waals surface area contributed by atoms with Crippen LogP contribution in [-0.4, -0.2) is 38.1 Å². The van der Waals surface area contributed by atoms with Crippen molar-refractivity contribution in [2.75, 3.05) is 27.3 Å². The molecule has 0 saturated carbocycles. The number of benzene rings is 1. The number of hydrogen-bond donors (Lipinski definition) is 0. The Morgan fingerprint density at radius 1 is 1.33 bits per heavy atom. The smallest absolute Gasteiger partial charge is 0.254 e. The summed E-state index contributed by atoms with van der Waals surface area (Å²) in [6.07, 6.45) is 1.71. The summed E-state index contributed by atoms with van der Waals surface area (Å²) in [4.78, 5) is 13.9. The number of ether oxygens (including phenoxy) is 2. The van der Waals surface area contributed by atoms with Gasteiger partial charge in [0.2, 0.25) is 0 Å². The first-order valence-electron chi connectivity index (χ1n) is 5.80. The van der Waals surface area contributed by atoms with E-state index in [1.165, 1.54) is 0 Å². The highest BCUT2D eigenvalue weighted by Crippen LogP contribution is 2.27. The van der Waals surface area contributed by atoms with Gasteiger partial charge in [0.15, 0.2) is 11.5 Å². The summed E-state index contributed by atoms with van der Waals surface area (Å²) in [7, 11) is 3.11. The Morgan fingerprint density at radius 3 is 2.50 bits per heavy atom. The van der Waals surface area contributed by atoms with Crippen LogP contribution in [0.1, 0.15) is 17.3 Å². The second-order valence-electron chi connectivity index (χ2n) is 3.70. The van der Waals surface area contributed by atoms with E-state index >= 15 is 0 Å². The van der Waals surface area contributed by atoms with E-state index in [2.05, 4.69) is 6.58 Å². The molecule has 0 radical (unpaired) electrons. The van der Waals surface area contributed by atoms with Crippen molar-refractivity contribution in [1.29, 1.82) is 0 Å². The van der Waals surface area contributed by atoms with Crippen LogP contribution in [0.5, 0.6) is 11.5 Å². The van der Waals surface area contributed by atoms with Gasteiger partial charge in [-0.25, -0.2) is 0 Å². The summed E-state index contributed by atoms with van der Waals surface area (Å²) >= 11 is 0. The Morgan fingerprint density at radius 2 is 2.00 bits per heavy atom. The zero-order valence-electron chi connectivity index (χ0n) is 11.1. The Bertz CT molecular complexity index is 429. The Balaban J connectivity index is 3.02. The van der Waals surface area contributed by atoms with Crippen LogP contribution in [0.25, 0.3) is 0 Å². The molecular formula is C14H19NO3. The lowest BCUT2D eigenvalue weighted by atomic mass is 10.1. The number of likely N-dealkylation sites (N-methyl/N-ethyl adjacent to an activating group) is 1. The van der Waals surface area contributed by atoms with Crippen LogP contribution in [0.3, 0.4) is 0 Å². The molecule has 4 heteroatoms. The maximum absolute atomic E-state index is 12.2. The third-order valence-corrected chi connectivity index (χ3v) is 2.65. The summed E-state index contributed by atoms with van der Waals surface area (Å²) in [6.45, 7) is 6.75. The molecule has 0 unspecified atom stereocenters. The Labute approximate surface area is 108 Å². The number of methoxy groups -OCH3 is 2. The molecular weight excluding hydrogens is 230 g/mol. The minimum absolute atomic E-state index is 0.0432. The zero-order valence-corrected chi connectivity index (χ0v) is 11.1. The molecule has 1 aromatic carbocycles. The molecule has 0 N–H and O–H groups in total. The average Bonchev–Trinajstić information content (AvgIpc) is 2.43. The van der Waals surface area contributed by atoms with E-state index < -0.39 is 0 Å². The second-order valence-corrected chi connectivity index (χ2v) is 3.70. The van der Waals surface area contributed by atoms with Gasteiger partial charge in [0.05, 0.1) is 14.2 Å². The standard InChI is InChI=1S/C14H19NO3/c1-5-9-15(6-2)14(16)11-7-8-12(17-3)13(10-11)18-4/h5,7-8,10H,1,6,9H2,2-4H3. The van der Waals surface area contributed by atoms with Crippen molar-refractivity contribution in [2.24, 2.45) is 0 Å². The Kier molecular flexibility index (Phi) is 5.24. The predicted molar refractivity (Wildman–Crippen MR) is 71.3 cm³/mol. The monoisotopic (exact) mass is 249 g/mol.